The van der Waals surface area contributed by atoms with Gasteiger partial charge in [0.15, 0.2) is 0 Å². The molecule has 2 aromatic rings. The zero-order valence-electron chi connectivity index (χ0n) is 10.2. The number of halogens is 1. The number of hydrogen-bond acceptors (Lipinski definition) is 3. The topological polar surface area (TPSA) is 50.9 Å². The first-order chi connectivity index (χ1) is 8.74. The maximum atomic E-state index is 5.91. The second-order valence-electron chi connectivity index (χ2n) is 4.11. The summed E-state index contributed by atoms with van der Waals surface area (Å²) in [5, 5.41) is 0.472. The van der Waals surface area contributed by atoms with Crippen LogP contribution in [0.15, 0.2) is 42.6 Å². The second-order valence-corrected chi connectivity index (χ2v) is 4.50. The van der Waals surface area contributed by atoms with Gasteiger partial charge in [-0.05, 0) is 35.2 Å². The van der Waals surface area contributed by atoms with Crippen LogP contribution < -0.4 is 11.3 Å². The smallest absolute Gasteiger partial charge is 0.129 e. The van der Waals surface area contributed by atoms with Gasteiger partial charge in [-0.25, -0.2) is 10.4 Å². The number of hydrogen-bond donors (Lipinski definition) is 2. The van der Waals surface area contributed by atoms with Gasteiger partial charge in [0.05, 0.1) is 6.04 Å². The van der Waals surface area contributed by atoms with E-state index in [2.05, 4.69) is 35.5 Å². The lowest BCUT2D eigenvalue weighted by Crippen LogP contribution is -2.28. The lowest BCUT2D eigenvalue weighted by Gasteiger charge is -2.17. The van der Waals surface area contributed by atoms with Gasteiger partial charge in [-0.15, -0.1) is 0 Å². The Bertz CT molecular complexity index is 528. The summed E-state index contributed by atoms with van der Waals surface area (Å²) in [6, 6.07) is 12.0. The molecule has 0 spiro atoms. The maximum Gasteiger partial charge on any atom is 0.129 e. The largest absolute Gasteiger partial charge is 0.271 e. The third kappa shape index (κ3) is 2.88. The van der Waals surface area contributed by atoms with Crippen LogP contribution in [0.25, 0.3) is 0 Å². The molecule has 0 bridgehead atoms. The Morgan fingerprint density at radius 3 is 2.72 bits per heavy atom. The number of pyridine rings is 1. The Balaban J connectivity index is 2.38. The molecular formula is C14H16ClN3. The van der Waals surface area contributed by atoms with Crippen molar-refractivity contribution in [2.45, 2.75) is 19.4 Å². The van der Waals surface area contributed by atoms with Crippen LogP contribution in [0, 0.1) is 0 Å². The number of benzene rings is 1. The van der Waals surface area contributed by atoms with E-state index in [9.17, 15) is 0 Å². The summed E-state index contributed by atoms with van der Waals surface area (Å²) in [5.41, 5.74) is 6.24. The summed E-state index contributed by atoms with van der Waals surface area (Å²) in [6.07, 6.45) is 2.69. The van der Waals surface area contributed by atoms with Crippen molar-refractivity contribution in [2.75, 3.05) is 0 Å². The van der Waals surface area contributed by atoms with Crippen LogP contribution in [0.5, 0.6) is 0 Å². The molecule has 0 aliphatic heterocycles. The van der Waals surface area contributed by atoms with E-state index in [4.69, 9.17) is 17.4 Å². The molecule has 1 aromatic heterocycles. The summed E-state index contributed by atoms with van der Waals surface area (Å²) in [5.74, 6) is 5.66. The first-order valence-corrected chi connectivity index (χ1v) is 6.28. The Hall–Kier alpha value is -1.42. The van der Waals surface area contributed by atoms with Gasteiger partial charge in [-0.1, -0.05) is 42.8 Å². The molecule has 0 saturated carbocycles. The molecule has 1 aromatic carbocycles. The van der Waals surface area contributed by atoms with Crippen LogP contribution in [-0.4, -0.2) is 4.98 Å². The third-order valence-electron chi connectivity index (χ3n) is 2.94. The molecule has 0 aliphatic carbocycles. The van der Waals surface area contributed by atoms with Crippen molar-refractivity contribution in [2.24, 2.45) is 5.84 Å². The monoisotopic (exact) mass is 261 g/mol. The van der Waals surface area contributed by atoms with Crippen molar-refractivity contribution in [3.05, 3.63) is 64.4 Å². The average molecular weight is 262 g/mol. The number of nitrogens with zero attached hydrogens (tertiary/aromatic N) is 1. The fourth-order valence-corrected chi connectivity index (χ4v) is 2.16. The highest BCUT2D eigenvalue weighted by atomic mass is 35.5. The minimum atomic E-state index is -0.0722. The van der Waals surface area contributed by atoms with Crippen molar-refractivity contribution >= 4 is 11.6 Å². The molecule has 4 heteroatoms. The number of nitrogens with one attached hydrogen (secondary N) is 1. The van der Waals surface area contributed by atoms with Crippen molar-refractivity contribution in [1.82, 2.24) is 10.4 Å². The summed E-state index contributed by atoms with van der Waals surface area (Å²) in [6.45, 7) is 2.13. The molecule has 1 atom stereocenters. The minimum Gasteiger partial charge on any atom is -0.271 e. The Morgan fingerprint density at radius 1 is 1.28 bits per heavy atom. The van der Waals surface area contributed by atoms with Crippen LogP contribution in [0.3, 0.4) is 0 Å². The van der Waals surface area contributed by atoms with Crippen LogP contribution in [-0.2, 0) is 6.42 Å². The molecule has 3 nitrogen and oxygen atoms in total. The van der Waals surface area contributed by atoms with Crippen molar-refractivity contribution in [1.29, 1.82) is 0 Å². The Morgan fingerprint density at radius 2 is 2.06 bits per heavy atom. The first-order valence-electron chi connectivity index (χ1n) is 5.91. The molecule has 1 heterocycles. The molecule has 0 radical (unpaired) electrons. The number of aryl methyl sites for hydroxylation is 1. The van der Waals surface area contributed by atoms with Gasteiger partial charge in [0.25, 0.3) is 0 Å². The van der Waals surface area contributed by atoms with Crippen LogP contribution >= 0.6 is 11.6 Å². The summed E-state index contributed by atoms with van der Waals surface area (Å²) in [4.78, 5) is 3.98. The van der Waals surface area contributed by atoms with E-state index in [0.717, 1.165) is 17.5 Å². The average Bonchev–Trinajstić information content (AvgIpc) is 2.40. The molecule has 0 fully saturated rings. The number of aromatic nitrogens is 1. The van der Waals surface area contributed by atoms with Gasteiger partial charge in [-0.2, -0.15) is 0 Å². The van der Waals surface area contributed by atoms with Crippen molar-refractivity contribution in [3.63, 3.8) is 0 Å². The van der Waals surface area contributed by atoms with Gasteiger partial charge >= 0.3 is 0 Å². The van der Waals surface area contributed by atoms with Crippen LogP contribution in [0.1, 0.15) is 29.7 Å². The fraction of sp³-hybridized carbons (Fsp3) is 0.214. The molecule has 0 amide bonds. The zero-order valence-corrected chi connectivity index (χ0v) is 11.0. The SMILES string of the molecule is CCc1cccc(C(NN)c2ccnc(Cl)c2)c1. The molecule has 3 N–H and O–H groups in total. The Kier molecular flexibility index (Phi) is 4.31. The van der Waals surface area contributed by atoms with E-state index < -0.39 is 0 Å². The summed E-state index contributed by atoms with van der Waals surface area (Å²) >= 11 is 5.91. The fourth-order valence-electron chi connectivity index (χ4n) is 1.97. The molecule has 94 valence electrons. The molecule has 18 heavy (non-hydrogen) atoms. The number of rotatable bonds is 4. The molecule has 0 aliphatic rings. The highest BCUT2D eigenvalue weighted by Gasteiger charge is 2.13. The predicted octanol–water partition coefficient (Wildman–Crippen LogP) is 2.85. The maximum absolute atomic E-state index is 5.91. The molecular weight excluding hydrogens is 246 g/mol. The third-order valence-corrected chi connectivity index (χ3v) is 3.15. The number of hydrazine groups is 1. The van der Waals surface area contributed by atoms with Crippen LogP contribution in [0.2, 0.25) is 5.15 Å². The van der Waals surface area contributed by atoms with Gasteiger partial charge in [0.2, 0.25) is 0 Å². The van der Waals surface area contributed by atoms with Crippen molar-refractivity contribution < 1.29 is 0 Å². The quantitative estimate of drug-likeness (QED) is 0.506. The zero-order chi connectivity index (χ0) is 13.0. The van der Waals surface area contributed by atoms with Gasteiger partial charge < -0.3 is 0 Å². The summed E-state index contributed by atoms with van der Waals surface area (Å²) < 4.78 is 0. The van der Waals surface area contributed by atoms with E-state index >= 15 is 0 Å². The van der Waals surface area contributed by atoms with E-state index in [0.29, 0.717) is 5.15 Å². The standard InChI is InChI=1S/C14H16ClN3/c1-2-10-4-3-5-11(8-10)14(18-16)12-6-7-17-13(15)9-12/h3-9,14,18H,2,16H2,1H3. The van der Waals surface area contributed by atoms with E-state index in [1.807, 2.05) is 18.2 Å². The second kappa shape index (κ2) is 5.96. The lowest BCUT2D eigenvalue weighted by molar-refractivity contribution is 0.635. The van der Waals surface area contributed by atoms with E-state index in [-0.39, 0.29) is 6.04 Å². The van der Waals surface area contributed by atoms with Gasteiger partial charge in [-0.3, -0.25) is 5.84 Å². The highest BCUT2D eigenvalue weighted by Crippen LogP contribution is 2.23. The molecule has 0 saturated heterocycles. The van der Waals surface area contributed by atoms with E-state index in [1.165, 1.54) is 5.56 Å². The van der Waals surface area contributed by atoms with Gasteiger partial charge in [0.1, 0.15) is 5.15 Å². The van der Waals surface area contributed by atoms with E-state index in [1.54, 1.807) is 6.20 Å². The normalized spacial score (nSPS) is 12.4. The molecule has 1 unspecified atom stereocenters. The number of nitrogens with two attached hydrogens (primary N) is 1. The highest BCUT2D eigenvalue weighted by molar-refractivity contribution is 6.29. The first kappa shape index (κ1) is 13.0. The van der Waals surface area contributed by atoms with Crippen molar-refractivity contribution in [3.8, 4) is 0 Å². The lowest BCUT2D eigenvalue weighted by atomic mass is 9.98. The Labute approximate surface area is 112 Å². The minimum absolute atomic E-state index is 0.0722. The van der Waals surface area contributed by atoms with Gasteiger partial charge in [0, 0.05) is 6.20 Å². The summed E-state index contributed by atoms with van der Waals surface area (Å²) in [7, 11) is 0. The molecule has 2 rings (SSSR count). The van der Waals surface area contributed by atoms with Crippen LogP contribution in [0.4, 0.5) is 0 Å². The predicted molar refractivity (Wildman–Crippen MR) is 74.2 cm³/mol.